The third kappa shape index (κ3) is 9.17. The summed E-state index contributed by atoms with van der Waals surface area (Å²) in [6, 6.07) is 10.7. The van der Waals surface area contributed by atoms with E-state index in [0.29, 0.717) is 72.2 Å². The van der Waals surface area contributed by atoms with E-state index in [9.17, 15) is 14.4 Å². The molecule has 4 aromatic rings. The number of hydrogen-bond acceptors (Lipinski definition) is 8. The maximum absolute atomic E-state index is 14.4. The largest absolute Gasteiger partial charge is 0.361 e. The number of carbonyl (C=O) groups excluding carboxylic acids is 3. The lowest BCUT2D eigenvalue weighted by atomic mass is 10.0. The van der Waals surface area contributed by atoms with E-state index in [1.165, 1.54) is 16.7 Å². The highest BCUT2D eigenvalue weighted by Crippen LogP contribution is 2.40. The van der Waals surface area contributed by atoms with Crippen molar-refractivity contribution < 1.29 is 14.4 Å². The molecule has 14 heteroatoms. The molecule has 3 atom stereocenters. The van der Waals surface area contributed by atoms with Crippen LogP contribution in [-0.2, 0) is 33.9 Å². The number of aromatic nitrogens is 2. The van der Waals surface area contributed by atoms with Crippen LogP contribution in [-0.4, -0.2) is 70.9 Å². The monoisotopic (exact) mass is 738 g/mol. The van der Waals surface area contributed by atoms with Gasteiger partial charge >= 0.3 is 0 Å². The fraction of sp³-hybridized carbons (Fsp3) is 0.389. The number of para-hydroxylation sites is 1. The lowest BCUT2D eigenvalue weighted by Gasteiger charge is -2.32. The Balaban J connectivity index is 1.58. The van der Waals surface area contributed by atoms with Crippen LogP contribution in [0, 0.1) is 0 Å². The van der Waals surface area contributed by atoms with Gasteiger partial charge in [-0.1, -0.05) is 53.2 Å². The number of nitrogens with one attached hydrogen (secondary N) is 4. The van der Waals surface area contributed by atoms with Gasteiger partial charge in [-0.05, 0) is 80.6 Å². The topological polar surface area (TPSA) is 171 Å². The van der Waals surface area contributed by atoms with Gasteiger partial charge in [0.1, 0.15) is 12.1 Å². The molecule has 8 N–H and O–H groups in total. The molecule has 0 fully saturated rings. The molecule has 3 heterocycles. The molecular formula is C36H44Cl2N8O3S. The zero-order chi connectivity index (χ0) is 35.6. The summed E-state index contributed by atoms with van der Waals surface area (Å²) in [6.07, 6.45) is 8.25. The molecule has 2 aromatic carbocycles. The van der Waals surface area contributed by atoms with E-state index < -0.39 is 18.1 Å². The minimum atomic E-state index is -0.920. The summed E-state index contributed by atoms with van der Waals surface area (Å²) in [4.78, 5) is 53.1. The van der Waals surface area contributed by atoms with Crippen LogP contribution < -0.4 is 27.4 Å². The average molecular weight is 740 g/mol. The molecule has 3 amide bonds. The number of rotatable bonds is 9. The minimum Gasteiger partial charge on any atom is -0.361 e. The number of unbranched alkanes of at least 4 members (excludes halogenated alkanes) is 1. The predicted molar refractivity (Wildman–Crippen MR) is 199 cm³/mol. The second-order valence-corrected chi connectivity index (χ2v) is 14.2. The quantitative estimate of drug-likeness (QED) is 0.136. The molecule has 0 aliphatic carbocycles. The highest BCUT2D eigenvalue weighted by molar-refractivity contribution is 7.99. The van der Waals surface area contributed by atoms with Crippen LogP contribution in [0.5, 0.6) is 0 Å². The van der Waals surface area contributed by atoms with Crippen LogP contribution in [0.25, 0.3) is 10.9 Å². The first-order valence-electron chi connectivity index (χ1n) is 16.8. The highest BCUT2D eigenvalue weighted by atomic mass is 35.5. The van der Waals surface area contributed by atoms with E-state index in [1.807, 2.05) is 36.5 Å². The molecule has 0 bridgehead atoms. The Hall–Kier alpha value is -3.65. The zero-order valence-corrected chi connectivity index (χ0v) is 30.3. The summed E-state index contributed by atoms with van der Waals surface area (Å²) < 4.78 is 0. The third-order valence-electron chi connectivity index (χ3n) is 9.00. The number of aromatic amines is 1. The van der Waals surface area contributed by atoms with Crippen LogP contribution in [0.15, 0.2) is 70.8 Å². The Morgan fingerprint density at radius 1 is 0.920 bits per heavy atom. The Labute approximate surface area is 306 Å². The lowest BCUT2D eigenvalue weighted by Crippen LogP contribution is -2.57. The number of fused-ring (bicyclic) bond motifs is 3. The Morgan fingerprint density at radius 3 is 2.48 bits per heavy atom. The number of pyridine rings is 1. The van der Waals surface area contributed by atoms with E-state index >= 15 is 0 Å². The molecule has 0 unspecified atom stereocenters. The maximum atomic E-state index is 14.4. The van der Waals surface area contributed by atoms with Crippen molar-refractivity contribution in [1.82, 2.24) is 30.8 Å². The molecule has 266 valence electrons. The number of hydrogen-bond donors (Lipinski definition) is 6. The van der Waals surface area contributed by atoms with Crippen LogP contribution in [0.1, 0.15) is 48.8 Å². The van der Waals surface area contributed by atoms with E-state index in [2.05, 4.69) is 25.9 Å². The van der Waals surface area contributed by atoms with Gasteiger partial charge in [-0.2, -0.15) is 0 Å². The third-order valence-corrected chi connectivity index (χ3v) is 11.0. The minimum absolute atomic E-state index is 0.0681. The van der Waals surface area contributed by atoms with Gasteiger partial charge in [-0.15, -0.1) is 0 Å². The molecule has 50 heavy (non-hydrogen) atoms. The standard InChI is InChI=1S/C36H44Cl2N8O3S/c1-46-31(17-23-19-42-28-8-3-2-7-24(23)28)35(48)44-20-25-26(37)11-12-27(38)33(25)50-32-21-41-16-13-22(32)18-43-29(10-6-15-40)34(47)45-30(36(46)49)9-4-5-14-39/h2-3,7-8,11-13,16,19,21,29-31,42-43H,4-6,9-10,14-15,17-18,20,39-40H2,1H3,(H,44,48)(H,45,47)/t29-,30-,31-/m0/s1. The molecule has 1 aliphatic heterocycles. The molecular weight excluding hydrogens is 695 g/mol. The summed E-state index contributed by atoms with van der Waals surface area (Å²) in [5.41, 5.74) is 15.0. The summed E-state index contributed by atoms with van der Waals surface area (Å²) in [6.45, 7) is 1.27. The van der Waals surface area contributed by atoms with Crippen molar-refractivity contribution in [3.63, 3.8) is 0 Å². The zero-order valence-electron chi connectivity index (χ0n) is 28.0. The first kappa shape index (κ1) is 37.6. The molecule has 1 aliphatic rings. The Kier molecular flexibility index (Phi) is 13.6. The maximum Gasteiger partial charge on any atom is 0.245 e. The Morgan fingerprint density at radius 2 is 1.68 bits per heavy atom. The van der Waals surface area contributed by atoms with E-state index in [0.717, 1.165) is 26.9 Å². The van der Waals surface area contributed by atoms with Gasteiger partial charge in [-0.25, -0.2) is 0 Å². The highest BCUT2D eigenvalue weighted by Gasteiger charge is 2.34. The lowest BCUT2D eigenvalue weighted by molar-refractivity contribution is -0.142. The Bertz CT molecular complexity index is 1800. The van der Waals surface area contributed by atoms with Crippen molar-refractivity contribution in [1.29, 1.82) is 0 Å². The van der Waals surface area contributed by atoms with Crippen LogP contribution in [0.3, 0.4) is 0 Å². The van der Waals surface area contributed by atoms with Gasteiger partial charge in [0, 0.05) is 76.4 Å². The van der Waals surface area contributed by atoms with Crippen molar-refractivity contribution in [3.8, 4) is 0 Å². The van der Waals surface area contributed by atoms with Gasteiger partial charge in [0.25, 0.3) is 0 Å². The van der Waals surface area contributed by atoms with Crippen LogP contribution in [0.2, 0.25) is 10.0 Å². The van der Waals surface area contributed by atoms with Crippen molar-refractivity contribution in [2.75, 3.05) is 20.1 Å². The summed E-state index contributed by atoms with van der Waals surface area (Å²) in [7, 11) is 1.61. The number of nitrogens with zero attached hydrogens (tertiary/aromatic N) is 2. The predicted octanol–water partition coefficient (Wildman–Crippen LogP) is 4.53. The van der Waals surface area contributed by atoms with E-state index in [1.54, 1.807) is 31.6 Å². The van der Waals surface area contributed by atoms with Gasteiger partial charge in [0.15, 0.2) is 0 Å². The first-order chi connectivity index (χ1) is 24.2. The number of H-pyrrole nitrogens is 1. The number of benzene rings is 2. The van der Waals surface area contributed by atoms with Crippen molar-refractivity contribution in [3.05, 3.63) is 87.8 Å². The second-order valence-electron chi connectivity index (χ2n) is 12.4. The molecule has 2 aromatic heterocycles. The average Bonchev–Trinajstić information content (AvgIpc) is 3.53. The smallest absolute Gasteiger partial charge is 0.245 e. The first-order valence-corrected chi connectivity index (χ1v) is 18.4. The van der Waals surface area contributed by atoms with E-state index in [-0.39, 0.29) is 30.7 Å². The molecule has 5 rings (SSSR count). The summed E-state index contributed by atoms with van der Waals surface area (Å²) >= 11 is 14.9. The van der Waals surface area contributed by atoms with Crippen molar-refractivity contribution in [2.45, 2.75) is 79.5 Å². The van der Waals surface area contributed by atoms with Gasteiger partial charge < -0.3 is 37.3 Å². The number of likely N-dealkylation sites (N-methyl/N-ethyl adjacent to an activating group) is 1. The van der Waals surface area contributed by atoms with Gasteiger partial charge in [0.2, 0.25) is 17.7 Å². The molecule has 0 spiro atoms. The van der Waals surface area contributed by atoms with Crippen LogP contribution >= 0.6 is 35.0 Å². The van der Waals surface area contributed by atoms with Gasteiger partial charge in [-0.3, -0.25) is 19.4 Å². The fourth-order valence-corrected chi connectivity index (χ4v) is 7.77. The molecule has 11 nitrogen and oxygen atoms in total. The van der Waals surface area contributed by atoms with E-state index in [4.69, 9.17) is 34.7 Å². The number of carbonyl (C=O) groups is 3. The molecule has 0 saturated heterocycles. The number of nitrogens with two attached hydrogens (primary N) is 2. The summed E-state index contributed by atoms with van der Waals surface area (Å²) in [5.74, 6) is -1.06. The SMILES string of the molecule is CN1C(=O)[C@H](CCCCN)NC(=O)[C@H](CCCN)NCc2ccncc2Sc2c(Cl)ccc(Cl)c2CNC(=O)[C@@H]1Cc1c[nH]c2ccccc12. The number of halogens is 2. The number of amides is 3. The fourth-order valence-electron chi connectivity index (χ4n) is 6.12. The molecule has 0 saturated carbocycles. The van der Waals surface area contributed by atoms with Crippen molar-refractivity contribution >= 4 is 63.6 Å². The van der Waals surface area contributed by atoms with Crippen molar-refractivity contribution in [2.24, 2.45) is 11.5 Å². The summed E-state index contributed by atoms with van der Waals surface area (Å²) in [5, 5.41) is 11.3. The van der Waals surface area contributed by atoms with Gasteiger partial charge in [0.05, 0.1) is 11.1 Å². The van der Waals surface area contributed by atoms with Crippen LogP contribution in [0.4, 0.5) is 0 Å². The molecule has 0 radical (unpaired) electrons. The normalized spacial score (nSPS) is 19.4. The second kappa shape index (κ2) is 18.0.